The largest absolute Gasteiger partial charge is 0.480 e. The standard InChI is InChI=1S/C13H21NO5/c1-5-6-13(18)7-9(10(15)16)14(8-13)11(17)19-12(2,3)4/h5,9,18H,1,6-8H2,2-4H3,(H,15,16). The van der Waals surface area contributed by atoms with Gasteiger partial charge >= 0.3 is 12.1 Å². The van der Waals surface area contributed by atoms with Gasteiger partial charge in [-0.1, -0.05) is 6.08 Å². The molecule has 2 unspecified atom stereocenters. The fraction of sp³-hybridized carbons (Fsp3) is 0.692. The monoisotopic (exact) mass is 271 g/mol. The number of rotatable bonds is 3. The Balaban J connectivity index is 2.88. The molecule has 0 aromatic heterocycles. The van der Waals surface area contributed by atoms with Crippen LogP contribution in [0.15, 0.2) is 12.7 Å². The number of carbonyl (C=O) groups excluding carboxylic acids is 1. The second-order valence-corrected chi connectivity index (χ2v) is 5.88. The Labute approximate surface area is 112 Å². The van der Waals surface area contributed by atoms with Crippen LogP contribution < -0.4 is 0 Å². The maximum absolute atomic E-state index is 12.0. The van der Waals surface area contributed by atoms with E-state index in [1.54, 1.807) is 20.8 Å². The molecule has 0 bridgehead atoms. The number of hydrogen-bond acceptors (Lipinski definition) is 4. The summed E-state index contributed by atoms with van der Waals surface area (Å²) in [5.74, 6) is -1.15. The van der Waals surface area contributed by atoms with Crippen LogP contribution in [0.1, 0.15) is 33.6 Å². The molecule has 2 atom stereocenters. The molecule has 6 nitrogen and oxygen atoms in total. The van der Waals surface area contributed by atoms with Gasteiger partial charge in [0.05, 0.1) is 12.1 Å². The smallest absolute Gasteiger partial charge is 0.411 e. The molecule has 1 heterocycles. The summed E-state index contributed by atoms with van der Waals surface area (Å²) in [7, 11) is 0. The lowest BCUT2D eigenvalue weighted by atomic mass is 9.96. The first kappa shape index (κ1) is 15.5. The van der Waals surface area contributed by atoms with Crippen molar-refractivity contribution in [3.63, 3.8) is 0 Å². The van der Waals surface area contributed by atoms with Crippen molar-refractivity contribution in [3.8, 4) is 0 Å². The molecule has 1 aliphatic rings. The van der Waals surface area contributed by atoms with E-state index in [4.69, 9.17) is 9.84 Å². The summed E-state index contributed by atoms with van der Waals surface area (Å²) in [6.45, 7) is 8.57. The highest BCUT2D eigenvalue weighted by Gasteiger charge is 2.48. The highest BCUT2D eigenvalue weighted by Crippen LogP contribution is 2.31. The third kappa shape index (κ3) is 3.96. The third-order valence-corrected chi connectivity index (χ3v) is 2.85. The van der Waals surface area contributed by atoms with Crippen LogP contribution in [0.25, 0.3) is 0 Å². The Hall–Kier alpha value is -1.56. The number of nitrogens with zero attached hydrogens (tertiary/aromatic N) is 1. The summed E-state index contributed by atoms with van der Waals surface area (Å²) < 4.78 is 5.16. The van der Waals surface area contributed by atoms with Crippen molar-refractivity contribution in [1.82, 2.24) is 4.90 Å². The summed E-state index contributed by atoms with van der Waals surface area (Å²) in [6.07, 6.45) is 1.00. The topological polar surface area (TPSA) is 87.1 Å². The van der Waals surface area contributed by atoms with E-state index in [1.807, 2.05) is 0 Å². The lowest BCUT2D eigenvalue weighted by Gasteiger charge is -2.27. The number of carboxylic acid groups (broad SMARTS) is 1. The van der Waals surface area contributed by atoms with Gasteiger partial charge in [-0.3, -0.25) is 4.90 Å². The predicted octanol–water partition coefficient (Wildman–Crippen LogP) is 1.39. The summed E-state index contributed by atoms with van der Waals surface area (Å²) in [6, 6.07) is -1.07. The molecular weight excluding hydrogens is 250 g/mol. The normalized spacial score (nSPS) is 27.2. The van der Waals surface area contributed by atoms with Crippen LogP contribution in [0.5, 0.6) is 0 Å². The van der Waals surface area contributed by atoms with Crippen molar-refractivity contribution in [2.24, 2.45) is 0 Å². The van der Waals surface area contributed by atoms with Gasteiger partial charge in [0.1, 0.15) is 11.6 Å². The molecule has 1 amide bonds. The number of carbonyl (C=O) groups is 2. The average molecular weight is 271 g/mol. The Bertz CT molecular complexity index is 387. The van der Waals surface area contributed by atoms with E-state index in [-0.39, 0.29) is 19.4 Å². The molecule has 0 radical (unpaired) electrons. The molecule has 0 aromatic rings. The molecule has 0 saturated carbocycles. The summed E-state index contributed by atoms with van der Waals surface area (Å²) in [4.78, 5) is 24.2. The van der Waals surface area contributed by atoms with Gasteiger partial charge in [0.25, 0.3) is 0 Å². The number of hydrogen-bond donors (Lipinski definition) is 2. The van der Waals surface area contributed by atoms with Crippen molar-refractivity contribution >= 4 is 12.1 Å². The Kier molecular flexibility index (Phi) is 4.25. The van der Waals surface area contributed by atoms with Gasteiger partial charge in [0, 0.05) is 6.42 Å². The third-order valence-electron chi connectivity index (χ3n) is 2.85. The van der Waals surface area contributed by atoms with Crippen molar-refractivity contribution < 1.29 is 24.5 Å². The molecule has 0 spiro atoms. The van der Waals surface area contributed by atoms with Gasteiger partial charge in [0.2, 0.25) is 0 Å². The van der Waals surface area contributed by atoms with E-state index in [0.717, 1.165) is 4.90 Å². The maximum Gasteiger partial charge on any atom is 0.411 e. The zero-order chi connectivity index (χ0) is 14.8. The molecule has 0 aliphatic carbocycles. The first-order chi connectivity index (χ1) is 8.58. The number of amides is 1. The van der Waals surface area contributed by atoms with Crippen LogP contribution in [0.3, 0.4) is 0 Å². The van der Waals surface area contributed by atoms with E-state index in [1.165, 1.54) is 6.08 Å². The Morgan fingerprint density at radius 3 is 2.53 bits per heavy atom. The fourth-order valence-electron chi connectivity index (χ4n) is 2.11. The van der Waals surface area contributed by atoms with Gasteiger partial charge < -0.3 is 14.9 Å². The number of aliphatic hydroxyl groups is 1. The van der Waals surface area contributed by atoms with Crippen LogP contribution in [-0.4, -0.2) is 51.0 Å². The minimum Gasteiger partial charge on any atom is -0.480 e. The molecular formula is C13H21NO5. The van der Waals surface area contributed by atoms with Gasteiger partial charge in [-0.15, -0.1) is 6.58 Å². The molecule has 1 rings (SSSR count). The van der Waals surface area contributed by atoms with Crippen molar-refractivity contribution in [2.45, 2.75) is 50.9 Å². The van der Waals surface area contributed by atoms with Crippen LogP contribution in [-0.2, 0) is 9.53 Å². The number of β-amino-alcohol motifs (C(OH)–C–C–N with tert-alkyl or cyclic N) is 1. The second kappa shape index (κ2) is 5.21. The quantitative estimate of drug-likeness (QED) is 0.757. The molecule has 2 N–H and O–H groups in total. The van der Waals surface area contributed by atoms with E-state index >= 15 is 0 Å². The lowest BCUT2D eigenvalue weighted by molar-refractivity contribution is -0.142. The van der Waals surface area contributed by atoms with Crippen LogP contribution in [0, 0.1) is 0 Å². The zero-order valence-corrected chi connectivity index (χ0v) is 11.5. The maximum atomic E-state index is 12.0. The van der Waals surface area contributed by atoms with Crippen LogP contribution >= 0.6 is 0 Å². The van der Waals surface area contributed by atoms with Crippen LogP contribution in [0.4, 0.5) is 4.79 Å². The molecule has 1 aliphatic heterocycles. The van der Waals surface area contributed by atoms with Crippen molar-refractivity contribution in [1.29, 1.82) is 0 Å². The summed E-state index contributed by atoms with van der Waals surface area (Å²) in [5.41, 5.74) is -1.96. The first-order valence-corrected chi connectivity index (χ1v) is 6.14. The van der Waals surface area contributed by atoms with Crippen molar-refractivity contribution in [3.05, 3.63) is 12.7 Å². The molecule has 1 saturated heterocycles. The van der Waals surface area contributed by atoms with Crippen LogP contribution in [0.2, 0.25) is 0 Å². The zero-order valence-electron chi connectivity index (χ0n) is 11.5. The summed E-state index contributed by atoms with van der Waals surface area (Å²) >= 11 is 0. The second-order valence-electron chi connectivity index (χ2n) is 5.88. The molecule has 0 aromatic carbocycles. The van der Waals surface area contributed by atoms with Crippen molar-refractivity contribution in [2.75, 3.05) is 6.54 Å². The summed E-state index contributed by atoms with van der Waals surface area (Å²) in [5, 5.41) is 19.4. The first-order valence-electron chi connectivity index (χ1n) is 6.14. The number of carboxylic acids is 1. The minimum absolute atomic E-state index is 0.0202. The Morgan fingerprint density at radius 1 is 1.53 bits per heavy atom. The molecule has 19 heavy (non-hydrogen) atoms. The number of aliphatic carboxylic acids is 1. The van der Waals surface area contributed by atoms with E-state index < -0.39 is 29.3 Å². The molecule has 108 valence electrons. The Morgan fingerprint density at radius 2 is 2.11 bits per heavy atom. The van der Waals surface area contributed by atoms with Gasteiger partial charge in [0.15, 0.2) is 0 Å². The number of likely N-dealkylation sites (tertiary alicyclic amines) is 1. The number of ether oxygens (including phenoxy) is 1. The lowest BCUT2D eigenvalue weighted by Crippen LogP contribution is -2.44. The van der Waals surface area contributed by atoms with E-state index in [0.29, 0.717) is 0 Å². The minimum atomic E-state index is -1.25. The highest BCUT2D eigenvalue weighted by atomic mass is 16.6. The highest BCUT2D eigenvalue weighted by molar-refractivity contribution is 5.81. The molecule has 1 fully saturated rings. The predicted molar refractivity (Wildman–Crippen MR) is 68.7 cm³/mol. The van der Waals surface area contributed by atoms with Gasteiger partial charge in [-0.05, 0) is 27.2 Å². The SMILES string of the molecule is C=CCC1(O)CC(C(=O)O)N(C(=O)OC(C)(C)C)C1. The molecule has 6 heteroatoms. The average Bonchev–Trinajstić information content (AvgIpc) is 2.54. The van der Waals surface area contributed by atoms with Gasteiger partial charge in [-0.25, -0.2) is 9.59 Å². The fourth-order valence-corrected chi connectivity index (χ4v) is 2.11. The van der Waals surface area contributed by atoms with Gasteiger partial charge in [-0.2, -0.15) is 0 Å². The van der Waals surface area contributed by atoms with E-state index in [9.17, 15) is 14.7 Å². The van der Waals surface area contributed by atoms with E-state index in [2.05, 4.69) is 6.58 Å².